The van der Waals surface area contributed by atoms with Crippen LogP contribution in [0.5, 0.6) is 5.75 Å². The van der Waals surface area contributed by atoms with Crippen LogP contribution in [0.2, 0.25) is 0 Å². The second kappa shape index (κ2) is 6.01. The summed E-state index contributed by atoms with van der Waals surface area (Å²) in [5.41, 5.74) is 2.07. The van der Waals surface area contributed by atoms with E-state index in [1.165, 1.54) is 11.1 Å². The number of benzene rings is 1. The third-order valence-corrected chi connectivity index (χ3v) is 6.57. The lowest BCUT2D eigenvalue weighted by Gasteiger charge is -2.64. The molecule has 24 heavy (non-hydrogen) atoms. The first-order chi connectivity index (χ1) is 11.1. The van der Waals surface area contributed by atoms with Crippen molar-refractivity contribution in [2.24, 2.45) is 5.92 Å². The Morgan fingerprint density at radius 3 is 2.75 bits per heavy atom. The predicted molar refractivity (Wildman–Crippen MR) is 95.2 cm³/mol. The smallest absolute Gasteiger partial charge is 0.134 e. The lowest BCUT2D eigenvalue weighted by molar-refractivity contribution is -0.182. The van der Waals surface area contributed by atoms with E-state index >= 15 is 0 Å². The van der Waals surface area contributed by atoms with Crippen molar-refractivity contribution >= 4 is 18.2 Å². The number of hydrogen-bond donors (Lipinski definition) is 1. The summed E-state index contributed by atoms with van der Waals surface area (Å²) in [4.78, 5) is 12.5. The maximum Gasteiger partial charge on any atom is 0.134 e. The van der Waals surface area contributed by atoms with Gasteiger partial charge in [-0.15, -0.1) is 12.4 Å². The summed E-state index contributed by atoms with van der Waals surface area (Å²) in [5, 5.41) is 3.68. The summed E-state index contributed by atoms with van der Waals surface area (Å²) >= 11 is 0. The summed E-state index contributed by atoms with van der Waals surface area (Å²) in [6.45, 7) is 3.12. The van der Waals surface area contributed by atoms with E-state index in [9.17, 15) is 4.79 Å². The lowest BCUT2D eigenvalue weighted by Crippen LogP contribution is -2.76. The van der Waals surface area contributed by atoms with Gasteiger partial charge in [-0.1, -0.05) is 13.0 Å². The largest absolute Gasteiger partial charge is 0.497 e. The molecule has 1 saturated carbocycles. The van der Waals surface area contributed by atoms with Crippen molar-refractivity contribution < 1.29 is 14.3 Å². The number of halogens is 1. The first-order valence-corrected chi connectivity index (χ1v) is 8.55. The van der Waals surface area contributed by atoms with E-state index in [0.717, 1.165) is 25.1 Å². The molecule has 0 amide bonds. The standard InChI is InChI=1S/C19H25NO3.ClH/c1-12-8-14(21)11-18-6-7-20-17(19(12,18)23-3)9-13-4-5-15(22-2)10-16(13)18;/h4-5,10,12,17,20H,6-9,11H2,1-3H3;1H/t12?,17-,18-,19-;/m1./s1. The summed E-state index contributed by atoms with van der Waals surface area (Å²) < 4.78 is 11.7. The van der Waals surface area contributed by atoms with Crippen molar-refractivity contribution in [1.82, 2.24) is 5.32 Å². The van der Waals surface area contributed by atoms with Gasteiger partial charge in [-0.2, -0.15) is 0 Å². The van der Waals surface area contributed by atoms with Crippen LogP contribution in [0.1, 0.15) is 37.3 Å². The number of rotatable bonds is 2. The highest BCUT2D eigenvalue weighted by molar-refractivity contribution is 5.85. The predicted octanol–water partition coefficient (Wildman–Crippen LogP) is 2.66. The number of nitrogens with one attached hydrogen (secondary N) is 1. The molecular formula is C19H26ClNO3. The Balaban J connectivity index is 0.00000169. The third-order valence-electron chi connectivity index (χ3n) is 6.57. The molecule has 2 aliphatic carbocycles. The number of carbonyl (C=O) groups excluding carboxylic acids is 1. The van der Waals surface area contributed by atoms with Crippen LogP contribution in [0.4, 0.5) is 0 Å². The highest BCUT2D eigenvalue weighted by atomic mass is 35.5. The molecule has 3 aliphatic rings. The van der Waals surface area contributed by atoms with Gasteiger partial charge in [0.1, 0.15) is 11.5 Å². The van der Waals surface area contributed by atoms with Gasteiger partial charge in [-0.25, -0.2) is 0 Å². The van der Waals surface area contributed by atoms with Crippen LogP contribution in [0.15, 0.2) is 18.2 Å². The average molecular weight is 352 g/mol. The molecule has 0 radical (unpaired) electrons. The van der Waals surface area contributed by atoms with E-state index in [4.69, 9.17) is 9.47 Å². The third kappa shape index (κ3) is 2.03. The van der Waals surface area contributed by atoms with Gasteiger partial charge in [0.2, 0.25) is 0 Å². The zero-order valence-corrected chi connectivity index (χ0v) is 15.4. The Morgan fingerprint density at radius 2 is 2.04 bits per heavy atom. The van der Waals surface area contributed by atoms with Gasteiger partial charge in [-0.3, -0.25) is 4.79 Å². The number of piperidine rings is 1. The molecule has 4 rings (SSSR count). The maximum atomic E-state index is 12.5. The minimum atomic E-state index is -0.307. The van der Waals surface area contributed by atoms with Crippen LogP contribution in [0.3, 0.4) is 0 Å². The fourth-order valence-corrected chi connectivity index (χ4v) is 5.81. The monoisotopic (exact) mass is 351 g/mol. The van der Waals surface area contributed by atoms with Gasteiger partial charge >= 0.3 is 0 Å². The molecule has 1 aromatic carbocycles. The number of hydrogen-bond acceptors (Lipinski definition) is 4. The van der Waals surface area contributed by atoms with Gasteiger partial charge < -0.3 is 14.8 Å². The quantitative estimate of drug-likeness (QED) is 0.890. The molecule has 5 heteroatoms. The molecule has 1 aliphatic heterocycles. The highest BCUT2D eigenvalue weighted by Crippen LogP contribution is 2.59. The van der Waals surface area contributed by atoms with Crippen molar-refractivity contribution in [3.8, 4) is 5.75 Å². The van der Waals surface area contributed by atoms with Crippen molar-refractivity contribution in [3.05, 3.63) is 29.3 Å². The zero-order chi connectivity index (χ0) is 16.2. The summed E-state index contributed by atoms with van der Waals surface area (Å²) in [6, 6.07) is 6.61. The fourth-order valence-electron chi connectivity index (χ4n) is 5.81. The van der Waals surface area contributed by atoms with Crippen molar-refractivity contribution in [3.63, 3.8) is 0 Å². The normalized spacial score (nSPS) is 37.0. The number of Topliss-reactive ketones (excluding diaryl/α,β-unsaturated/α-hetero) is 1. The van der Waals surface area contributed by atoms with E-state index in [2.05, 4.69) is 24.4 Å². The van der Waals surface area contributed by atoms with Crippen LogP contribution >= 0.6 is 12.4 Å². The molecule has 2 fully saturated rings. The Labute approximate surface area is 149 Å². The second-order valence-electron chi connectivity index (χ2n) is 7.38. The molecule has 1 aromatic rings. The SMILES string of the molecule is COc1ccc2c(c1)[C@]13CCN[C@H](C2)[C@]1(OC)C(C)CC(=O)C3.Cl. The van der Waals surface area contributed by atoms with Crippen molar-refractivity contribution in [2.45, 2.75) is 49.7 Å². The molecule has 0 spiro atoms. The van der Waals surface area contributed by atoms with Crippen LogP contribution in [-0.2, 0) is 21.4 Å². The van der Waals surface area contributed by atoms with Gasteiger partial charge in [-0.05, 0) is 48.6 Å². The van der Waals surface area contributed by atoms with E-state index in [1.54, 1.807) is 7.11 Å². The van der Waals surface area contributed by atoms with Crippen molar-refractivity contribution in [2.75, 3.05) is 20.8 Å². The summed E-state index contributed by atoms with van der Waals surface area (Å²) in [5.74, 6) is 1.44. The van der Waals surface area contributed by atoms with Crippen molar-refractivity contribution in [1.29, 1.82) is 0 Å². The highest BCUT2D eigenvalue weighted by Gasteiger charge is 2.66. The van der Waals surface area contributed by atoms with E-state index < -0.39 is 0 Å². The second-order valence-corrected chi connectivity index (χ2v) is 7.38. The van der Waals surface area contributed by atoms with Gasteiger partial charge in [0.15, 0.2) is 0 Å². The van der Waals surface area contributed by atoms with E-state index in [0.29, 0.717) is 18.6 Å². The van der Waals surface area contributed by atoms with Gasteiger partial charge in [0, 0.05) is 31.4 Å². The lowest BCUT2D eigenvalue weighted by atomic mass is 9.47. The Kier molecular flexibility index (Phi) is 4.44. The fraction of sp³-hybridized carbons (Fsp3) is 0.632. The van der Waals surface area contributed by atoms with Gasteiger partial charge in [0.05, 0.1) is 12.7 Å². The first kappa shape index (κ1) is 17.7. The number of ether oxygens (including phenoxy) is 2. The molecule has 132 valence electrons. The minimum Gasteiger partial charge on any atom is -0.497 e. The van der Waals surface area contributed by atoms with Crippen LogP contribution in [0, 0.1) is 5.92 Å². The molecule has 1 N–H and O–H groups in total. The Morgan fingerprint density at radius 1 is 1.25 bits per heavy atom. The first-order valence-electron chi connectivity index (χ1n) is 8.55. The maximum absolute atomic E-state index is 12.5. The molecule has 1 heterocycles. The molecule has 0 aromatic heterocycles. The summed E-state index contributed by atoms with van der Waals surface area (Å²) in [7, 11) is 3.53. The summed E-state index contributed by atoms with van der Waals surface area (Å²) in [6.07, 6.45) is 3.09. The molecular weight excluding hydrogens is 326 g/mol. The molecule has 2 bridgehead atoms. The minimum absolute atomic E-state index is 0. The number of ketones is 1. The molecule has 1 saturated heterocycles. The molecule has 1 unspecified atom stereocenters. The van der Waals surface area contributed by atoms with E-state index in [1.807, 2.05) is 13.2 Å². The number of fused-ring (bicyclic) bond motifs is 1. The zero-order valence-electron chi connectivity index (χ0n) is 14.6. The average Bonchev–Trinajstić information content (AvgIpc) is 2.54. The Bertz CT molecular complexity index is 664. The van der Waals surface area contributed by atoms with Crippen LogP contribution < -0.4 is 10.1 Å². The van der Waals surface area contributed by atoms with Crippen LogP contribution in [-0.4, -0.2) is 38.2 Å². The van der Waals surface area contributed by atoms with E-state index in [-0.39, 0.29) is 35.4 Å². The van der Waals surface area contributed by atoms with Gasteiger partial charge in [0.25, 0.3) is 0 Å². The van der Waals surface area contributed by atoms with Crippen LogP contribution in [0.25, 0.3) is 0 Å². The molecule has 4 atom stereocenters. The molecule has 4 nitrogen and oxygen atoms in total. The Hall–Kier alpha value is -1.10. The number of carbonyl (C=O) groups is 1. The number of methoxy groups -OCH3 is 2. The topological polar surface area (TPSA) is 47.6 Å².